The quantitative estimate of drug-likeness (QED) is 0.610. The fraction of sp³-hybridized carbons (Fsp3) is 0.111. The van der Waals surface area contributed by atoms with E-state index < -0.39 is 11.4 Å². The molecular weight excluding hydrogens is 337 g/mol. The molecule has 0 saturated carbocycles. The SMILES string of the molecule is Cc1noc(C)c1-n1c(Nc2cccnc2)nc2ccc(F)cc2c1=O. The highest BCUT2D eigenvalue weighted by atomic mass is 19.1. The van der Waals surface area contributed by atoms with E-state index >= 15 is 0 Å². The molecular formula is C18H14FN5O2. The standard InChI is InChI=1S/C18H14FN5O2/c1-10-16(11(2)26-23-10)24-17(25)14-8-12(19)5-6-15(14)22-18(24)21-13-4-3-7-20-9-13/h3-9H,1-2H3,(H,21,22). The van der Waals surface area contributed by atoms with Crippen molar-refractivity contribution in [2.45, 2.75) is 13.8 Å². The summed E-state index contributed by atoms with van der Waals surface area (Å²) in [6.07, 6.45) is 3.25. The summed E-state index contributed by atoms with van der Waals surface area (Å²) in [5, 5.41) is 7.16. The Bertz CT molecular complexity index is 1150. The van der Waals surface area contributed by atoms with Crippen molar-refractivity contribution in [2.75, 3.05) is 5.32 Å². The van der Waals surface area contributed by atoms with E-state index in [1.165, 1.54) is 22.8 Å². The molecule has 1 N–H and O–H groups in total. The largest absolute Gasteiger partial charge is 0.359 e. The van der Waals surface area contributed by atoms with Gasteiger partial charge in [-0.1, -0.05) is 5.16 Å². The first kappa shape index (κ1) is 15.9. The van der Waals surface area contributed by atoms with Gasteiger partial charge in [-0.15, -0.1) is 0 Å². The average Bonchev–Trinajstić information content (AvgIpc) is 2.96. The molecule has 3 heterocycles. The van der Waals surface area contributed by atoms with Crippen LogP contribution in [-0.2, 0) is 0 Å². The third-order valence-corrected chi connectivity index (χ3v) is 3.97. The Hall–Kier alpha value is -3.55. The van der Waals surface area contributed by atoms with Crippen LogP contribution in [0.15, 0.2) is 52.0 Å². The lowest BCUT2D eigenvalue weighted by Gasteiger charge is -2.14. The fourth-order valence-corrected chi connectivity index (χ4v) is 2.81. The van der Waals surface area contributed by atoms with Crippen molar-refractivity contribution in [1.82, 2.24) is 19.7 Å². The van der Waals surface area contributed by atoms with Crippen molar-refractivity contribution in [2.24, 2.45) is 0 Å². The van der Waals surface area contributed by atoms with Crippen molar-refractivity contribution >= 4 is 22.5 Å². The number of fused-ring (bicyclic) bond motifs is 1. The van der Waals surface area contributed by atoms with Gasteiger partial charge < -0.3 is 9.84 Å². The van der Waals surface area contributed by atoms with Gasteiger partial charge in [-0.3, -0.25) is 9.78 Å². The van der Waals surface area contributed by atoms with Crippen molar-refractivity contribution in [3.63, 3.8) is 0 Å². The molecule has 0 aliphatic rings. The third kappa shape index (κ3) is 2.61. The molecule has 0 amide bonds. The van der Waals surface area contributed by atoms with Crippen molar-refractivity contribution < 1.29 is 8.91 Å². The number of benzene rings is 1. The average molecular weight is 351 g/mol. The van der Waals surface area contributed by atoms with E-state index in [1.54, 1.807) is 38.4 Å². The number of halogens is 1. The Balaban J connectivity index is 2.04. The molecule has 4 aromatic rings. The van der Waals surface area contributed by atoms with Crippen molar-refractivity contribution in [3.8, 4) is 5.69 Å². The molecule has 4 rings (SSSR count). The van der Waals surface area contributed by atoms with Crippen LogP contribution in [0.5, 0.6) is 0 Å². The van der Waals surface area contributed by atoms with Crippen LogP contribution in [0, 0.1) is 19.7 Å². The molecule has 130 valence electrons. The highest BCUT2D eigenvalue weighted by molar-refractivity contribution is 5.80. The number of aryl methyl sites for hydroxylation is 2. The first-order valence-corrected chi connectivity index (χ1v) is 7.87. The predicted molar refractivity (Wildman–Crippen MR) is 94.4 cm³/mol. The van der Waals surface area contributed by atoms with Gasteiger partial charge in [0.05, 0.1) is 22.8 Å². The van der Waals surface area contributed by atoms with Gasteiger partial charge in [0.1, 0.15) is 17.2 Å². The third-order valence-electron chi connectivity index (χ3n) is 3.97. The molecule has 7 nitrogen and oxygen atoms in total. The molecule has 0 radical (unpaired) electrons. The maximum absolute atomic E-state index is 13.7. The predicted octanol–water partition coefficient (Wildman–Crippen LogP) is 3.27. The summed E-state index contributed by atoms with van der Waals surface area (Å²) in [7, 11) is 0. The molecule has 0 saturated heterocycles. The molecule has 0 unspecified atom stereocenters. The van der Waals surface area contributed by atoms with Crippen LogP contribution in [-0.4, -0.2) is 19.7 Å². The fourth-order valence-electron chi connectivity index (χ4n) is 2.81. The van der Waals surface area contributed by atoms with Gasteiger partial charge in [0, 0.05) is 6.20 Å². The number of anilines is 2. The Kier molecular flexibility index (Phi) is 3.72. The Morgan fingerprint density at radius 2 is 2.08 bits per heavy atom. The number of hydrogen-bond donors (Lipinski definition) is 1. The minimum Gasteiger partial charge on any atom is -0.359 e. The van der Waals surface area contributed by atoms with Crippen LogP contribution in [0.2, 0.25) is 0 Å². The molecule has 0 spiro atoms. The first-order chi connectivity index (χ1) is 12.5. The second-order valence-electron chi connectivity index (χ2n) is 5.78. The summed E-state index contributed by atoms with van der Waals surface area (Å²) < 4.78 is 20.2. The van der Waals surface area contributed by atoms with E-state index in [1.807, 2.05) is 0 Å². The first-order valence-electron chi connectivity index (χ1n) is 7.87. The lowest BCUT2D eigenvalue weighted by atomic mass is 10.2. The van der Waals surface area contributed by atoms with Gasteiger partial charge in [-0.2, -0.15) is 0 Å². The number of rotatable bonds is 3. The number of nitrogens with one attached hydrogen (secondary N) is 1. The zero-order chi connectivity index (χ0) is 18.3. The van der Waals surface area contributed by atoms with Crippen LogP contribution in [0.4, 0.5) is 16.0 Å². The van der Waals surface area contributed by atoms with Gasteiger partial charge in [-0.25, -0.2) is 13.9 Å². The van der Waals surface area contributed by atoms with E-state index in [9.17, 15) is 9.18 Å². The van der Waals surface area contributed by atoms with Gasteiger partial charge in [0.25, 0.3) is 5.56 Å². The van der Waals surface area contributed by atoms with E-state index in [-0.39, 0.29) is 11.3 Å². The number of hydrogen-bond acceptors (Lipinski definition) is 6. The Morgan fingerprint density at radius 3 is 2.77 bits per heavy atom. The van der Waals surface area contributed by atoms with Crippen LogP contribution >= 0.6 is 0 Å². The monoisotopic (exact) mass is 351 g/mol. The molecule has 1 aromatic carbocycles. The van der Waals surface area contributed by atoms with Gasteiger partial charge in [0.15, 0.2) is 5.76 Å². The minimum absolute atomic E-state index is 0.168. The van der Waals surface area contributed by atoms with E-state index in [0.717, 1.165) is 0 Å². The van der Waals surface area contributed by atoms with Crippen LogP contribution in [0.1, 0.15) is 11.5 Å². The molecule has 0 bridgehead atoms. The van der Waals surface area contributed by atoms with E-state index in [4.69, 9.17) is 4.52 Å². The number of pyridine rings is 1. The van der Waals surface area contributed by atoms with Crippen LogP contribution in [0.25, 0.3) is 16.6 Å². The van der Waals surface area contributed by atoms with Crippen molar-refractivity contribution in [3.05, 3.63) is 70.4 Å². The van der Waals surface area contributed by atoms with Crippen LogP contribution < -0.4 is 10.9 Å². The maximum atomic E-state index is 13.7. The second kappa shape index (κ2) is 6.07. The Labute approximate surface area is 147 Å². The summed E-state index contributed by atoms with van der Waals surface area (Å²) in [6.45, 7) is 3.42. The molecule has 8 heteroatoms. The summed E-state index contributed by atoms with van der Waals surface area (Å²) in [4.78, 5) is 21.7. The van der Waals surface area contributed by atoms with E-state index in [2.05, 4.69) is 20.4 Å². The lowest BCUT2D eigenvalue weighted by molar-refractivity contribution is 0.393. The Morgan fingerprint density at radius 1 is 1.23 bits per heavy atom. The van der Waals surface area contributed by atoms with Crippen molar-refractivity contribution in [1.29, 1.82) is 0 Å². The molecule has 0 aliphatic heterocycles. The second-order valence-corrected chi connectivity index (χ2v) is 5.78. The zero-order valence-corrected chi connectivity index (χ0v) is 14.0. The molecule has 3 aromatic heterocycles. The van der Waals surface area contributed by atoms with Crippen LogP contribution in [0.3, 0.4) is 0 Å². The molecule has 0 aliphatic carbocycles. The smallest absolute Gasteiger partial charge is 0.267 e. The molecule has 0 fully saturated rings. The van der Waals surface area contributed by atoms with Gasteiger partial charge in [-0.05, 0) is 44.2 Å². The van der Waals surface area contributed by atoms with Gasteiger partial charge in [0.2, 0.25) is 5.95 Å². The number of nitrogens with zero attached hydrogens (tertiary/aromatic N) is 4. The topological polar surface area (TPSA) is 85.8 Å². The lowest BCUT2D eigenvalue weighted by Crippen LogP contribution is -2.23. The highest BCUT2D eigenvalue weighted by Crippen LogP contribution is 2.24. The molecule has 0 atom stereocenters. The summed E-state index contributed by atoms with van der Waals surface area (Å²) in [5.74, 6) is 0.211. The normalized spacial score (nSPS) is 11.0. The zero-order valence-electron chi connectivity index (χ0n) is 14.0. The summed E-state index contributed by atoms with van der Waals surface area (Å²) in [5.41, 5.74) is 1.61. The minimum atomic E-state index is -0.505. The maximum Gasteiger partial charge on any atom is 0.267 e. The summed E-state index contributed by atoms with van der Waals surface area (Å²) >= 11 is 0. The highest BCUT2D eigenvalue weighted by Gasteiger charge is 2.20. The number of aromatic nitrogens is 4. The van der Waals surface area contributed by atoms with Gasteiger partial charge >= 0.3 is 0 Å². The summed E-state index contributed by atoms with van der Waals surface area (Å²) in [6, 6.07) is 7.47. The molecule has 26 heavy (non-hydrogen) atoms. The van der Waals surface area contributed by atoms with E-state index in [0.29, 0.717) is 28.3 Å².